The minimum atomic E-state index is 0.741. The number of rotatable bonds is 2. The number of fused-ring (bicyclic) bond motifs is 1. The second-order valence-corrected chi connectivity index (χ2v) is 5.69. The quantitative estimate of drug-likeness (QED) is 0.841. The number of piperidine rings is 1. The van der Waals surface area contributed by atoms with Gasteiger partial charge in [-0.3, -0.25) is 0 Å². The monoisotopic (exact) mass is 234 g/mol. The fourth-order valence-corrected chi connectivity index (χ4v) is 2.96. The SMILES string of the molecule is CC1CCc2nc(CC3CCCNC3)nn2C1. The maximum Gasteiger partial charge on any atom is 0.151 e. The first-order valence-corrected chi connectivity index (χ1v) is 6.94. The number of hydrogen-bond donors (Lipinski definition) is 1. The van der Waals surface area contributed by atoms with Crippen LogP contribution >= 0.6 is 0 Å². The highest BCUT2D eigenvalue weighted by Crippen LogP contribution is 2.20. The summed E-state index contributed by atoms with van der Waals surface area (Å²) in [6.45, 7) is 5.68. The van der Waals surface area contributed by atoms with E-state index in [4.69, 9.17) is 4.98 Å². The topological polar surface area (TPSA) is 42.7 Å². The lowest BCUT2D eigenvalue weighted by atomic mass is 9.96. The van der Waals surface area contributed by atoms with E-state index in [-0.39, 0.29) is 0 Å². The molecule has 4 nitrogen and oxygen atoms in total. The molecular formula is C13H22N4. The van der Waals surface area contributed by atoms with Gasteiger partial charge < -0.3 is 5.32 Å². The number of nitrogens with zero attached hydrogens (tertiary/aromatic N) is 3. The van der Waals surface area contributed by atoms with Crippen molar-refractivity contribution in [1.82, 2.24) is 20.1 Å². The first-order valence-electron chi connectivity index (χ1n) is 6.94. The third-order valence-corrected chi connectivity index (χ3v) is 4.01. The van der Waals surface area contributed by atoms with Gasteiger partial charge in [0.25, 0.3) is 0 Å². The third-order valence-electron chi connectivity index (χ3n) is 4.01. The molecule has 0 radical (unpaired) electrons. The Morgan fingerprint density at radius 2 is 2.35 bits per heavy atom. The van der Waals surface area contributed by atoms with Gasteiger partial charge in [-0.2, -0.15) is 5.10 Å². The Hall–Kier alpha value is -0.900. The van der Waals surface area contributed by atoms with Crippen molar-refractivity contribution in [3.05, 3.63) is 11.6 Å². The standard InChI is InChI=1S/C13H22N4/c1-10-4-5-13-15-12(16-17(13)9-10)7-11-3-2-6-14-8-11/h10-11,14H,2-9H2,1H3. The van der Waals surface area contributed by atoms with Gasteiger partial charge >= 0.3 is 0 Å². The van der Waals surface area contributed by atoms with Gasteiger partial charge in [-0.1, -0.05) is 6.92 Å². The van der Waals surface area contributed by atoms with Crippen molar-refractivity contribution in [3.63, 3.8) is 0 Å². The highest BCUT2D eigenvalue weighted by atomic mass is 15.4. The maximum absolute atomic E-state index is 4.70. The van der Waals surface area contributed by atoms with Gasteiger partial charge in [0.1, 0.15) is 5.82 Å². The molecule has 1 aromatic heterocycles. The lowest BCUT2D eigenvalue weighted by Gasteiger charge is -2.21. The molecular weight excluding hydrogens is 212 g/mol. The predicted octanol–water partition coefficient (Wildman–Crippen LogP) is 1.40. The smallest absolute Gasteiger partial charge is 0.151 e. The van der Waals surface area contributed by atoms with Gasteiger partial charge in [0, 0.05) is 19.4 Å². The number of hydrogen-bond acceptors (Lipinski definition) is 3. The molecule has 0 spiro atoms. The number of nitrogens with one attached hydrogen (secondary N) is 1. The predicted molar refractivity (Wildman–Crippen MR) is 66.8 cm³/mol. The average Bonchev–Trinajstić information content (AvgIpc) is 2.71. The third kappa shape index (κ3) is 2.51. The zero-order valence-corrected chi connectivity index (χ0v) is 10.7. The van der Waals surface area contributed by atoms with Crippen molar-refractivity contribution in [1.29, 1.82) is 0 Å². The fraction of sp³-hybridized carbons (Fsp3) is 0.846. The molecule has 4 heteroatoms. The number of aryl methyl sites for hydroxylation is 1. The van der Waals surface area contributed by atoms with Crippen LogP contribution in [0.1, 0.15) is 37.8 Å². The Labute approximate surface area is 103 Å². The Balaban J connectivity index is 1.67. The molecule has 0 aliphatic carbocycles. The summed E-state index contributed by atoms with van der Waals surface area (Å²) in [5.41, 5.74) is 0. The van der Waals surface area contributed by atoms with Crippen molar-refractivity contribution in [2.45, 2.75) is 45.6 Å². The van der Waals surface area contributed by atoms with E-state index in [1.54, 1.807) is 0 Å². The summed E-state index contributed by atoms with van der Waals surface area (Å²) in [6, 6.07) is 0. The molecule has 3 heterocycles. The van der Waals surface area contributed by atoms with Crippen LogP contribution in [0.3, 0.4) is 0 Å². The molecule has 3 rings (SSSR count). The molecule has 0 aromatic carbocycles. The Morgan fingerprint density at radius 3 is 3.18 bits per heavy atom. The van der Waals surface area contributed by atoms with E-state index in [2.05, 4.69) is 22.0 Å². The highest BCUT2D eigenvalue weighted by molar-refractivity contribution is 4.98. The minimum absolute atomic E-state index is 0.741. The minimum Gasteiger partial charge on any atom is -0.316 e. The Kier molecular flexibility index (Phi) is 3.14. The van der Waals surface area contributed by atoms with Crippen LogP contribution in [-0.2, 0) is 19.4 Å². The van der Waals surface area contributed by atoms with Crippen molar-refractivity contribution in [2.75, 3.05) is 13.1 Å². The van der Waals surface area contributed by atoms with Crippen LogP contribution in [-0.4, -0.2) is 27.9 Å². The number of aromatic nitrogens is 3. The lowest BCUT2D eigenvalue weighted by Crippen LogP contribution is -2.31. The summed E-state index contributed by atoms with van der Waals surface area (Å²) in [5.74, 6) is 3.78. The second kappa shape index (κ2) is 4.77. The highest BCUT2D eigenvalue weighted by Gasteiger charge is 2.21. The molecule has 1 aromatic rings. The van der Waals surface area contributed by atoms with Crippen LogP contribution in [0, 0.1) is 11.8 Å². The van der Waals surface area contributed by atoms with E-state index in [0.717, 1.165) is 43.6 Å². The van der Waals surface area contributed by atoms with Gasteiger partial charge in [0.05, 0.1) is 0 Å². The van der Waals surface area contributed by atoms with Crippen molar-refractivity contribution >= 4 is 0 Å². The first kappa shape index (κ1) is 11.2. The molecule has 17 heavy (non-hydrogen) atoms. The van der Waals surface area contributed by atoms with Gasteiger partial charge in [-0.05, 0) is 44.2 Å². The zero-order chi connectivity index (χ0) is 11.7. The molecule has 0 amide bonds. The molecule has 1 saturated heterocycles. The molecule has 0 saturated carbocycles. The van der Waals surface area contributed by atoms with Crippen LogP contribution in [0.2, 0.25) is 0 Å². The van der Waals surface area contributed by atoms with Gasteiger partial charge in [-0.25, -0.2) is 9.67 Å². The summed E-state index contributed by atoms with van der Waals surface area (Å²) in [6.07, 6.45) is 6.06. The first-order chi connectivity index (χ1) is 8.31. The van der Waals surface area contributed by atoms with Crippen molar-refractivity contribution < 1.29 is 0 Å². The van der Waals surface area contributed by atoms with Gasteiger partial charge in [0.15, 0.2) is 5.82 Å². The zero-order valence-electron chi connectivity index (χ0n) is 10.7. The molecule has 2 unspecified atom stereocenters. The summed E-state index contributed by atoms with van der Waals surface area (Å²) in [7, 11) is 0. The fourth-order valence-electron chi connectivity index (χ4n) is 2.96. The molecule has 2 aliphatic rings. The summed E-state index contributed by atoms with van der Waals surface area (Å²) < 4.78 is 2.14. The van der Waals surface area contributed by atoms with E-state index >= 15 is 0 Å². The van der Waals surface area contributed by atoms with E-state index in [1.807, 2.05) is 0 Å². The normalized spacial score (nSPS) is 29.0. The van der Waals surface area contributed by atoms with Crippen LogP contribution in [0.4, 0.5) is 0 Å². The Morgan fingerprint density at radius 1 is 1.41 bits per heavy atom. The van der Waals surface area contributed by atoms with Crippen LogP contribution in [0.25, 0.3) is 0 Å². The average molecular weight is 234 g/mol. The van der Waals surface area contributed by atoms with Crippen LogP contribution < -0.4 is 5.32 Å². The van der Waals surface area contributed by atoms with E-state index in [0.29, 0.717) is 0 Å². The van der Waals surface area contributed by atoms with Gasteiger partial charge in [0.2, 0.25) is 0 Å². The summed E-state index contributed by atoms with van der Waals surface area (Å²) in [4.78, 5) is 4.70. The van der Waals surface area contributed by atoms with Crippen molar-refractivity contribution in [2.24, 2.45) is 11.8 Å². The molecule has 1 fully saturated rings. The van der Waals surface area contributed by atoms with E-state index in [1.165, 1.54) is 31.6 Å². The van der Waals surface area contributed by atoms with Crippen LogP contribution in [0.15, 0.2) is 0 Å². The van der Waals surface area contributed by atoms with E-state index in [9.17, 15) is 0 Å². The summed E-state index contributed by atoms with van der Waals surface area (Å²) in [5, 5.41) is 8.13. The van der Waals surface area contributed by atoms with Gasteiger partial charge in [-0.15, -0.1) is 0 Å². The van der Waals surface area contributed by atoms with Crippen molar-refractivity contribution in [3.8, 4) is 0 Å². The molecule has 2 atom stereocenters. The molecule has 94 valence electrons. The molecule has 2 aliphatic heterocycles. The molecule has 0 bridgehead atoms. The summed E-state index contributed by atoms with van der Waals surface area (Å²) >= 11 is 0. The largest absolute Gasteiger partial charge is 0.316 e. The molecule has 1 N–H and O–H groups in total. The maximum atomic E-state index is 4.70. The second-order valence-electron chi connectivity index (χ2n) is 5.69. The van der Waals surface area contributed by atoms with E-state index < -0.39 is 0 Å². The lowest BCUT2D eigenvalue weighted by molar-refractivity contribution is 0.359. The Bertz CT molecular complexity index is 379. The van der Waals surface area contributed by atoms with Crippen LogP contribution in [0.5, 0.6) is 0 Å².